The molecule has 3 aromatic rings. The van der Waals surface area contributed by atoms with Crippen LogP contribution in [0.1, 0.15) is 26.3 Å². The van der Waals surface area contributed by atoms with E-state index in [1.54, 1.807) is 18.2 Å². The summed E-state index contributed by atoms with van der Waals surface area (Å²) < 4.78 is 32.2. The molecular weight excluding hydrogens is 386 g/mol. The fourth-order valence-electron chi connectivity index (χ4n) is 3.46. The molecule has 0 heterocycles. The lowest BCUT2D eigenvalue weighted by molar-refractivity contribution is -0.936. The van der Waals surface area contributed by atoms with Crippen LogP contribution in [0.5, 0.6) is 5.75 Å². The van der Waals surface area contributed by atoms with Crippen molar-refractivity contribution in [2.45, 2.75) is 32.2 Å². The summed E-state index contributed by atoms with van der Waals surface area (Å²) in [6, 6.07) is 19.6. The maximum Gasteiger partial charge on any atom is 0.295 e. The first-order valence-corrected chi connectivity index (χ1v) is 11.3. The van der Waals surface area contributed by atoms with Crippen molar-refractivity contribution < 1.29 is 22.6 Å². The smallest absolute Gasteiger partial charge is 0.295 e. The van der Waals surface area contributed by atoms with Gasteiger partial charge in [0.1, 0.15) is 17.2 Å². The van der Waals surface area contributed by atoms with E-state index in [1.807, 2.05) is 0 Å². The molecule has 0 bridgehead atoms. The largest absolute Gasteiger partial charge is 0.507 e. The van der Waals surface area contributed by atoms with Gasteiger partial charge in [-0.1, -0.05) is 54.6 Å². The lowest BCUT2D eigenvalue weighted by atomic mass is 10.1. The number of benzene rings is 3. The molecule has 0 atom stereocenters. The molecule has 3 rings (SSSR count). The Bertz CT molecular complexity index is 1020. The van der Waals surface area contributed by atoms with Crippen LogP contribution in [0.15, 0.2) is 71.6 Å². The minimum absolute atomic E-state index is 0.0157. The van der Waals surface area contributed by atoms with Gasteiger partial charge in [-0.25, -0.2) is 0 Å². The fourth-order valence-corrected chi connectivity index (χ4v) is 4.15. The SMILES string of the molecule is CC[N+](CC)(CC)Cc1ccccc1.O=S(=O)(O)c1ccc(O)c2ccccc12. The van der Waals surface area contributed by atoms with Crippen LogP contribution in [0, 0.1) is 0 Å². The van der Waals surface area contributed by atoms with E-state index in [9.17, 15) is 13.5 Å². The number of fused-ring (bicyclic) bond motifs is 1. The highest BCUT2D eigenvalue weighted by Gasteiger charge is 2.20. The van der Waals surface area contributed by atoms with Gasteiger partial charge in [-0.2, -0.15) is 8.42 Å². The van der Waals surface area contributed by atoms with Crippen molar-refractivity contribution in [3.63, 3.8) is 0 Å². The van der Waals surface area contributed by atoms with Gasteiger partial charge < -0.3 is 9.59 Å². The number of quaternary nitrogens is 1. The van der Waals surface area contributed by atoms with E-state index in [2.05, 4.69) is 51.1 Å². The number of aromatic hydroxyl groups is 1. The molecule has 0 spiro atoms. The number of phenolic OH excluding ortho intramolecular Hbond substituents is 1. The lowest BCUT2D eigenvalue weighted by Crippen LogP contribution is -2.46. The lowest BCUT2D eigenvalue weighted by Gasteiger charge is -2.35. The molecule has 0 aliphatic rings. The first-order valence-electron chi connectivity index (χ1n) is 9.83. The van der Waals surface area contributed by atoms with Gasteiger partial charge in [-0.3, -0.25) is 4.55 Å². The minimum Gasteiger partial charge on any atom is -0.507 e. The molecule has 5 nitrogen and oxygen atoms in total. The first kappa shape index (κ1) is 22.9. The van der Waals surface area contributed by atoms with Crippen molar-refractivity contribution in [1.82, 2.24) is 0 Å². The summed E-state index contributed by atoms with van der Waals surface area (Å²) in [5.41, 5.74) is 1.46. The van der Waals surface area contributed by atoms with Gasteiger partial charge in [0.05, 0.1) is 19.6 Å². The summed E-state index contributed by atoms with van der Waals surface area (Å²) in [4.78, 5) is -0.198. The van der Waals surface area contributed by atoms with Gasteiger partial charge in [-0.05, 0) is 32.9 Å². The molecule has 0 aromatic heterocycles. The van der Waals surface area contributed by atoms with E-state index in [0.717, 1.165) is 0 Å². The van der Waals surface area contributed by atoms with Crippen LogP contribution >= 0.6 is 0 Å². The summed E-state index contributed by atoms with van der Waals surface area (Å²) in [7, 11) is -4.26. The van der Waals surface area contributed by atoms with Gasteiger partial charge in [0.15, 0.2) is 0 Å². The van der Waals surface area contributed by atoms with Crippen molar-refractivity contribution in [3.05, 3.63) is 72.3 Å². The number of nitrogens with zero attached hydrogens (tertiary/aromatic N) is 1. The number of rotatable bonds is 6. The zero-order chi connectivity index (χ0) is 21.5. The number of hydrogen-bond donors (Lipinski definition) is 2. The molecule has 0 radical (unpaired) electrons. The number of phenols is 1. The Labute approximate surface area is 173 Å². The van der Waals surface area contributed by atoms with E-state index in [4.69, 9.17) is 4.55 Å². The Morgan fingerprint density at radius 1 is 0.759 bits per heavy atom. The summed E-state index contributed by atoms with van der Waals surface area (Å²) in [6.45, 7) is 11.7. The third-order valence-electron chi connectivity index (χ3n) is 5.51. The maximum absolute atomic E-state index is 11.0. The second-order valence-corrected chi connectivity index (χ2v) is 8.43. The van der Waals surface area contributed by atoms with E-state index < -0.39 is 10.1 Å². The summed E-state index contributed by atoms with van der Waals surface area (Å²) in [6.07, 6.45) is 0. The monoisotopic (exact) mass is 416 g/mol. The third kappa shape index (κ3) is 5.79. The highest BCUT2D eigenvalue weighted by atomic mass is 32.2. The zero-order valence-electron chi connectivity index (χ0n) is 17.2. The molecule has 0 aliphatic carbocycles. The second-order valence-electron chi connectivity index (χ2n) is 7.04. The highest BCUT2D eigenvalue weighted by Crippen LogP contribution is 2.29. The Kier molecular flexibility index (Phi) is 7.79. The average molecular weight is 417 g/mol. The summed E-state index contributed by atoms with van der Waals surface area (Å²) in [5, 5.41) is 10.2. The van der Waals surface area contributed by atoms with E-state index >= 15 is 0 Å². The molecule has 0 saturated carbocycles. The standard InChI is InChI=1S/C13H22N.C10H8O4S/c1-4-14(5-2,6-3)12-13-10-8-7-9-11-13;11-9-5-6-10(15(12,13)14)8-4-2-1-3-7(8)9/h7-11H,4-6,12H2,1-3H3;1-6,11H,(H,12,13,14)/q+1;. The second kappa shape index (κ2) is 9.87. The van der Waals surface area contributed by atoms with E-state index in [1.165, 1.54) is 54.4 Å². The van der Waals surface area contributed by atoms with E-state index in [0.29, 0.717) is 10.8 Å². The minimum atomic E-state index is -4.26. The predicted molar refractivity (Wildman–Crippen MR) is 117 cm³/mol. The fraction of sp³-hybridized carbons (Fsp3) is 0.304. The van der Waals surface area contributed by atoms with Crippen LogP contribution < -0.4 is 0 Å². The molecule has 6 heteroatoms. The number of hydrogen-bond acceptors (Lipinski definition) is 3. The molecule has 0 unspecified atom stereocenters. The molecule has 0 amide bonds. The third-order valence-corrected chi connectivity index (χ3v) is 6.42. The quantitative estimate of drug-likeness (QED) is 0.445. The van der Waals surface area contributed by atoms with E-state index in [-0.39, 0.29) is 10.6 Å². The molecule has 2 N–H and O–H groups in total. The molecule has 3 aromatic carbocycles. The van der Waals surface area contributed by atoms with Crippen molar-refractivity contribution in [2.24, 2.45) is 0 Å². The van der Waals surface area contributed by atoms with Crippen LogP contribution in [0.4, 0.5) is 0 Å². The summed E-state index contributed by atoms with van der Waals surface area (Å²) in [5.74, 6) is -0.0157. The molecule has 0 saturated heterocycles. The van der Waals surface area contributed by atoms with Crippen LogP contribution in [0.2, 0.25) is 0 Å². The van der Waals surface area contributed by atoms with Crippen LogP contribution in [-0.4, -0.2) is 42.2 Å². The van der Waals surface area contributed by atoms with Gasteiger partial charge in [0, 0.05) is 16.3 Å². The molecule has 156 valence electrons. The van der Waals surface area contributed by atoms with Gasteiger partial charge in [0.2, 0.25) is 0 Å². The Hall–Kier alpha value is -2.41. The van der Waals surface area contributed by atoms with Gasteiger partial charge in [0.25, 0.3) is 10.1 Å². The van der Waals surface area contributed by atoms with Gasteiger partial charge >= 0.3 is 0 Å². The molecule has 0 fully saturated rings. The Balaban J connectivity index is 0.000000208. The Morgan fingerprint density at radius 3 is 1.79 bits per heavy atom. The first-order chi connectivity index (χ1) is 13.8. The van der Waals surface area contributed by atoms with Crippen molar-refractivity contribution in [2.75, 3.05) is 19.6 Å². The Morgan fingerprint density at radius 2 is 1.28 bits per heavy atom. The molecule has 29 heavy (non-hydrogen) atoms. The molecular formula is C23H30NO4S+. The topological polar surface area (TPSA) is 74.6 Å². The zero-order valence-corrected chi connectivity index (χ0v) is 18.1. The van der Waals surface area contributed by atoms with Crippen LogP contribution in [0.25, 0.3) is 10.8 Å². The highest BCUT2D eigenvalue weighted by molar-refractivity contribution is 7.86. The molecule has 0 aliphatic heterocycles. The van der Waals surface area contributed by atoms with Crippen LogP contribution in [0.3, 0.4) is 0 Å². The maximum atomic E-state index is 11.0. The average Bonchev–Trinajstić information content (AvgIpc) is 2.73. The predicted octanol–water partition coefficient (Wildman–Crippen LogP) is 4.86. The normalized spacial score (nSPS) is 11.7. The van der Waals surface area contributed by atoms with Crippen molar-refractivity contribution in [1.29, 1.82) is 0 Å². The van der Waals surface area contributed by atoms with Gasteiger partial charge in [-0.15, -0.1) is 0 Å². The summed E-state index contributed by atoms with van der Waals surface area (Å²) >= 11 is 0. The van der Waals surface area contributed by atoms with Crippen molar-refractivity contribution >= 4 is 20.9 Å². The van der Waals surface area contributed by atoms with Crippen LogP contribution in [-0.2, 0) is 16.7 Å². The van der Waals surface area contributed by atoms with Crippen molar-refractivity contribution in [3.8, 4) is 5.75 Å².